The van der Waals surface area contributed by atoms with Crippen molar-refractivity contribution < 1.29 is 9.18 Å². The van der Waals surface area contributed by atoms with Gasteiger partial charge in [0.15, 0.2) is 0 Å². The fourth-order valence-corrected chi connectivity index (χ4v) is 2.60. The Morgan fingerprint density at radius 2 is 1.36 bits per heavy atom. The molecule has 0 atom stereocenters. The fraction of sp³-hybridized carbons (Fsp3) is 0.0952. The molecule has 7 heteroatoms. The molecule has 28 heavy (non-hydrogen) atoms. The molecule has 1 heterocycles. The molecular weight excluding hydrogens is 361 g/mol. The molecule has 3 aromatic rings. The SMILES string of the molecule is CC(=O)Nc1ccc(/C=c2\[nH]c(=O)/c(=C/c3ccc(CF)cc3)[nH]c2=O)cc1. The largest absolute Gasteiger partial charge is 0.326 e. The first-order valence-corrected chi connectivity index (χ1v) is 8.53. The number of alkyl halides is 1. The van der Waals surface area contributed by atoms with Crippen molar-refractivity contribution in [2.24, 2.45) is 0 Å². The van der Waals surface area contributed by atoms with Crippen molar-refractivity contribution in [3.63, 3.8) is 0 Å². The number of anilines is 1. The smallest absolute Gasteiger partial charge is 0.272 e. The standard InChI is InChI=1S/C21H18FN3O3/c1-13(26)23-17-8-6-15(7-9-17)11-19-21(28)24-18(20(27)25-19)10-14-2-4-16(12-22)5-3-14/h2-11H,12H2,1H3,(H,23,26)(H,24,28)(H,25,27)/b18-10-,19-11-. The lowest BCUT2D eigenvalue weighted by Gasteiger charge is -2.01. The van der Waals surface area contributed by atoms with Crippen LogP contribution in [0.5, 0.6) is 0 Å². The van der Waals surface area contributed by atoms with Gasteiger partial charge in [0, 0.05) is 12.6 Å². The Hall–Kier alpha value is -3.74. The Kier molecular flexibility index (Phi) is 5.64. The zero-order valence-electron chi connectivity index (χ0n) is 15.1. The Morgan fingerprint density at radius 1 is 0.893 bits per heavy atom. The lowest BCUT2D eigenvalue weighted by Crippen LogP contribution is -2.46. The van der Waals surface area contributed by atoms with Crippen LogP contribution in [0.1, 0.15) is 23.6 Å². The molecule has 2 aromatic carbocycles. The lowest BCUT2D eigenvalue weighted by molar-refractivity contribution is -0.114. The fourth-order valence-electron chi connectivity index (χ4n) is 2.60. The maximum Gasteiger partial charge on any atom is 0.272 e. The number of rotatable bonds is 4. The van der Waals surface area contributed by atoms with E-state index in [1.165, 1.54) is 19.1 Å². The van der Waals surface area contributed by atoms with E-state index < -0.39 is 17.8 Å². The molecule has 0 saturated heterocycles. The molecule has 0 spiro atoms. The quantitative estimate of drug-likeness (QED) is 0.635. The van der Waals surface area contributed by atoms with Crippen molar-refractivity contribution in [2.45, 2.75) is 13.6 Å². The van der Waals surface area contributed by atoms with Crippen molar-refractivity contribution in [2.75, 3.05) is 5.32 Å². The Balaban J connectivity index is 1.96. The number of carbonyl (C=O) groups excluding carboxylic acids is 1. The molecule has 0 radical (unpaired) electrons. The summed E-state index contributed by atoms with van der Waals surface area (Å²) in [6.07, 6.45) is 3.06. The van der Waals surface area contributed by atoms with E-state index in [-0.39, 0.29) is 16.6 Å². The molecule has 0 saturated carbocycles. The normalized spacial score (nSPS) is 12.2. The van der Waals surface area contributed by atoms with Gasteiger partial charge in [-0.2, -0.15) is 0 Å². The Labute approximate surface area is 159 Å². The summed E-state index contributed by atoms with van der Waals surface area (Å²) in [4.78, 5) is 40.8. The number of H-pyrrole nitrogens is 2. The van der Waals surface area contributed by atoms with Crippen LogP contribution < -0.4 is 27.1 Å². The van der Waals surface area contributed by atoms with Crippen molar-refractivity contribution >= 4 is 23.7 Å². The number of hydrogen-bond acceptors (Lipinski definition) is 3. The molecule has 3 rings (SSSR count). The summed E-state index contributed by atoms with van der Waals surface area (Å²) in [6, 6.07) is 13.4. The van der Waals surface area contributed by atoms with E-state index in [0.29, 0.717) is 22.4 Å². The molecule has 1 aromatic heterocycles. The van der Waals surface area contributed by atoms with Gasteiger partial charge in [-0.3, -0.25) is 14.4 Å². The summed E-state index contributed by atoms with van der Waals surface area (Å²) < 4.78 is 12.6. The maximum atomic E-state index is 12.6. The minimum Gasteiger partial charge on any atom is -0.326 e. The molecule has 0 bridgehead atoms. The lowest BCUT2D eigenvalue weighted by atomic mass is 10.1. The van der Waals surface area contributed by atoms with Crippen molar-refractivity contribution in [3.05, 3.63) is 96.6 Å². The van der Waals surface area contributed by atoms with E-state index in [9.17, 15) is 18.8 Å². The number of aromatic amines is 2. The van der Waals surface area contributed by atoms with Gasteiger partial charge < -0.3 is 15.3 Å². The van der Waals surface area contributed by atoms with Gasteiger partial charge in [0.05, 0.1) is 0 Å². The average Bonchev–Trinajstić information content (AvgIpc) is 2.67. The maximum absolute atomic E-state index is 12.6. The minimum absolute atomic E-state index is 0.108. The summed E-state index contributed by atoms with van der Waals surface area (Å²) in [5.41, 5.74) is 1.63. The monoisotopic (exact) mass is 379 g/mol. The van der Waals surface area contributed by atoms with E-state index in [1.807, 2.05) is 0 Å². The van der Waals surface area contributed by atoms with Crippen LogP contribution in [-0.2, 0) is 11.5 Å². The number of hydrogen-bond donors (Lipinski definition) is 3. The van der Waals surface area contributed by atoms with Crippen LogP contribution in [0, 0.1) is 0 Å². The second kappa shape index (κ2) is 8.30. The third-order valence-electron chi connectivity index (χ3n) is 3.97. The molecule has 0 unspecified atom stereocenters. The molecule has 0 aliphatic heterocycles. The van der Waals surface area contributed by atoms with Gasteiger partial charge in [-0.05, 0) is 41.0 Å². The highest BCUT2D eigenvalue weighted by Gasteiger charge is 1.99. The molecule has 0 aliphatic rings. The first-order valence-electron chi connectivity index (χ1n) is 8.53. The van der Waals surface area contributed by atoms with Crippen LogP contribution in [-0.4, -0.2) is 15.9 Å². The molecule has 0 aliphatic carbocycles. The molecule has 142 valence electrons. The van der Waals surface area contributed by atoms with Crippen molar-refractivity contribution in [1.29, 1.82) is 0 Å². The number of benzene rings is 2. The van der Waals surface area contributed by atoms with E-state index in [4.69, 9.17) is 0 Å². The Bertz CT molecular complexity index is 1220. The summed E-state index contributed by atoms with van der Waals surface area (Å²) >= 11 is 0. The zero-order valence-corrected chi connectivity index (χ0v) is 15.1. The number of carbonyl (C=O) groups is 1. The number of halogens is 1. The third-order valence-corrected chi connectivity index (χ3v) is 3.97. The molecule has 3 N–H and O–H groups in total. The van der Waals surface area contributed by atoms with Crippen molar-refractivity contribution in [1.82, 2.24) is 9.97 Å². The van der Waals surface area contributed by atoms with E-state index in [1.54, 1.807) is 48.5 Å². The van der Waals surface area contributed by atoms with Gasteiger partial charge in [-0.1, -0.05) is 36.4 Å². The summed E-state index contributed by atoms with van der Waals surface area (Å²) in [5, 5.41) is 2.87. The van der Waals surface area contributed by atoms with Crippen LogP contribution in [0.4, 0.5) is 10.1 Å². The number of amides is 1. The summed E-state index contributed by atoms with van der Waals surface area (Å²) in [6.45, 7) is 0.853. The van der Waals surface area contributed by atoms with Gasteiger partial charge in [-0.25, -0.2) is 4.39 Å². The highest BCUT2D eigenvalue weighted by Crippen LogP contribution is 2.09. The number of aromatic nitrogens is 2. The summed E-state index contributed by atoms with van der Waals surface area (Å²) in [5.74, 6) is -0.177. The van der Waals surface area contributed by atoms with E-state index >= 15 is 0 Å². The van der Waals surface area contributed by atoms with Gasteiger partial charge in [-0.15, -0.1) is 0 Å². The van der Waals surface area contributed by atoms with Crippen LogP contribution in [0.3, 0.4) is 0 Å². The highest BCUT2D eigenvalue weighted by molar-refractivity contribution is 5.88. The van der Waals surface area contributed by atoms with Gasteiger partial charge in [0.1, 0.15) is 17.4 Å². The Morgan fingerprint density at radius 3 is 1.79 bits per heavy atom. The van der Waals surface area contributed by atoms with Gasteiger partial charge >= 0.3 is 0 Å². The molecule has 0 fully saturated rings. The topological polar surface area (TPSA) is 94.8 Å². The predicted octanol–water partition coefficient (Wildman–Crippen LogP) is 1.15. The first kappa shape index (κ1) is 19.0. The van der Waals surface area contributed by atoms with Crippen molar-refractivity contribution in [3.8, 4) is 0 Å². The molecular formula is C21H18FN3O3. The first-order chi connectivity index (χ1) is 13.4. The molecule has 1 amide bonds. The second-order valence-electron chi connectivity index (χ2n) is 6.20. The van der Waals surface area contributed by atoms with Crippen LogP contribution in [0.15, 0.2) is 58.1 Å². The van der Waals surface area contributed by atoms with Crippen LogP contribution in [0.2, 0.25) is 0 Å². The zero-order chi connectivity index (χ0) is 20.1. The second-order valence-corrected chi connectivity index (χ2v) is 6.20. The van der Waals surface area contributed by atoms with Gasteiger partial charge in [0.25, 0.3) is 11.1 Å². The van der Waals surface area contributed by atoms with E-state index in [2.05, 4.69) is 15.3 Å². The predicted molar refractivity (Wildman–Crippen MR) is 106 cm³/mol. The van der Waals surface area contributed by atoms with Gasteiger partial charge in [0.2, 0.25) is 5.91 Å². The van der Waals surface area contributed by atoms with Crippen LogP contribution in [0.25, 0.3) is 12.2 Å². The molecule has 6 nitrogen and oxygen atoms in total. The minimum atomic E-state index is -0.561. The highest BCUT2D eigenvalue weighted by atomic mass is 19.1. The van der Waals surface area contributed by atoms with Crippen LogP contribution >= 0.6 is 0 Å². The van der Waals surface area contributed by atoms with E-state index in [0.717, 1.165) is 0 Å². The number of nitrogens with one attached hydrogen (secondary N) is 3. The average molecular weight is 379 g/mol. The third kappa shape index (κ3) is 4.70. The summed E-state index contributed by atoms with van der Waals surface area (Å²) in [7, 11) is 0.